The van der Waals surface area contributed by atoms with E-state index in [0.29, 0.717) is 24.4 Å². The lowest BCUT2D eigenvalue weighted by Crippen LogP contribution is -2.27. The molecular formula is C22H30N2O4S. The van der Waals surface area contributed by atoms with Crippen LogP contribution in [-0.2, 0) is 14.8 Å². The molecule has 0 aliphatic carbocycles. The van der Waals surface area contributed by atoms with Crippen LogP contribution in [-0.4, -0.2) is 41.1 Å². The van der Waals surface area contributed by atoms with E-state index < -0.39 is 10.0 Å². The molecule has 0 unspecified atom stereocenters. The minimum absolute atomic E-state index is 0.186. The van der Waals surface area contributed by atoms with Gasteiger partial charge in [-0.3, -0.25) is 9.10 Å². The van der Waals surface area contributed by atoms with Crippen LogP contribution in [0.5, 0.6) is 0 Å². The third-order valence-corrected chi connectivity index (χ3v) is 6.37. The third kappa shape index (κ3) is 6.58. The number of sulfonamides is 1. The van der Waals surface area contributed by atoms with Gasteiger partial charge in [-0.15, -0.1) is 0 Å². The molecule has 1 N–H and O–H groups in total. The molecule has 0 aliphatic rings. The van der Waals surface area contributed by atoms with Gasteiger partial charge in [-0.25, -0.2) is 8.42 Å². The van der Waals surface area contributed by atoms with Crippen molar-refractivity contribution in [3.8, 4) is 0 Å². The van der Waals surface area contributed by atoms with Crippen LogP contribution in [0.15, 0.2) is 53.4 Å². The summed E-state index contributed by atoms with van der Waals surface area (Å²) < 4.78 is 32.2. The first kappa shape index (κ1) is 22.9. The molecule has 0 radical (unpaired) electrons. The summed E-state index contributed by atoms with van der Waals surface area (Å²) in [7, 11) is -2.15. The van der Waals surface area contributed by atoms with Gasteiger partial charge in [0.2, 0.25) is 0 Å². The fourth-order valence-electron chi connectivity index (χ4n) is 2.66. The topological polar surface area (TPSA) is 75.7 Å². The summed E-state index contributed by atoms with van der Waals surface area (Å²) in [6.45, 7) is 5.94. The molecule has 158 valence electrons. The Hall–Kier alpha value is -2.38. The fraction of sp³-hybridized carbons (Fsp3) is 0.409. The highest BCUT2D eigenvalue weighted by Crippen LogP contribution is 2.22. The average molecular weight is 419 g/mol. The van der Waals surface area contributed by atoms with Crippen LogP contribution in [0.3, 0.4) is 0 Å². The number of rotatable bonds is 11. The number of nitrogens with one attached hydrogen (secondary N) is 1. The van der Waals surface area contributed by atoms with E-state index >= 15 is 0 Å². The zero-order valence-corrected chi connectivity index (χ0v) is 18.2. The van der Waals surface area contributed by atoms with Crippen molar-refractivity contribution in [2.24, 2.45) is 0 Å². The Morgan fingerprint density at radius 1 is 1.00 bits per heavy atom. The van der Waals surface area contributed by atoms with Gasteiger partial charge in [0.05, 0.1) is 10.6 Å². The fourth-order valence-corrected chi connectivity index (χ4v) is 3.85. The van der Waals surface area contributed by atoms with Crippen molar-refractivity contribution in [2.75, 3.05) is 31.1 Å². The van der Waals surface area contributed by atoms with Gasteiger partial charge in [-0.1, -0.05) is 31.0 Å². The number of aryl methyl sites for hydroxylation is 1. The second-order valence-electron chi connectivity index (χ2n) is 6.91. The van der Waals surface area contributed by atoms with Crippen molar-refractivity contribution >= 4 is 21.6 Å². The second-order valence-corrected chi connectivity index (χ2v) is 8.88. The van der Waals surface area contributed by atoms with Crippen molar-refractivity contribution in [1.29, 1.82) is 0 Å². The lowest BCUT2D eigenvalue weighted by molar-refractivity contribution is 0.0940. The van der Waals surface area contributed by atoms with Crippen molar-refractivity contribution in [2.45, 2.75) is 38.0 Å². The first-order valence-electron chi connectivity index (χ1n) is 9.88. The summed E-state index contributed by atoms with van der Waals surface area (Å²) in [5.74, 6) is -0.186. The number of carbonyl (C=O) groups is 1. The molecule has 0 saturated carbocycles. The van der Waals surface area contributed by atoms with Crippen molar-refractivity contribution < 1.29 is 17.9 Å². The van der Waals surface area contributed by atoms with Gasteiger partial charge in [0.15, 0.2) is 0 Å². The van der Waals surface area contributed by atoms with Gasteiger partial charge in [0.1, 0.15) is 0 Å². The average Bonchev–Trinajstić information content (AvgIpc) is 2.73. The predicted octanol–water partition coefficient (Wildman–Crippen LogP) is 3.76. The molecule has 0 fully saturated rings. The largest absolute Gasteiger partial charge is 0.381 e. The van der Waals surface area contributed by atoms with E-state index in [9.17, 15) is 13.2 Å². The monoisotopic (exact) mass is 418 g/mol. The maximum absolute atomic E-state index is 12.8. The highest BCUT2D eigenvalue weighted by atomic mass is 32.2. The summed E-state index contributed by atoms with van der Waals surface area (Å²) in [6, 6.07) is 13.2. The van der Waals surface area contributed by atoms with Gasteiger partial charge in [-0.05, 0) is 56.2 Å². The molecule has 29 heavy (non-hydrogen) atoms. The smallest absolute Gasteiger partial charge is 0.264 e. The highest BCUT2D eigenvalue weighted by Gasteiger charge is 2.21. The molecule has 0 aliphatic heterocycles. The van der Waals surface area contributed by atoms with E-state index in [1.54, 1.807) is 48.5 Å². The molecule has 6 nitrogen and oxygen atoms in total. The quantitative estimate of drug-likeness (QED) is 0.564. The number of anilines is 1. The molecular weight excluding hydrogens is 388 g/mol. The van der Waals surface area contributed by atoms with Crippen LogP contribution in [0.4, 0.5) is 5.69 Å². The standard InChI is InChI=1S/C22H30N2O4S/c1-4-5-16-28-17-6-15-23-22(25)19-9-11-20(12-10-19)24(3)29(26,27)21-13-7-18(2)8-14-21/h7-14H,4-6,15-17H2,1-3H3,(H,23,25). The van der Waals surface area contributed by atoms with E-state index in [1.165, 1.54) is 11.4 Å². The summed E-state index contributed by atoms with van der Waals surface area (Å²) in [5, 5.41) is 2.85. The molecule has 0 spiro atoms. The number of amides is 1. The molecule has 0 aromatic heterocycles. The van der Waals surface area contributed by atoms with Crippen LogP contribution < -0.4 is 9.62 Å². The SMILES string of the molecule is CCCCOCCCNC(=O)c1ccc(N(C)S(=O)(=O)c2ccc(C)cc2)cc1. The Balaban J connectivity index is 1.91. The number of nitrogens with zero attached hydrogens (tertiary/aromatic N) is 1. The third-order valence-electron chi connectivity index (χ3n) is 4.57. The van der Waals surface area contributed by atoms with E-state index in [4.69, 9.17) is 4.74 Å². The van der Waals surface area contributed by atoms with Crippen LogP contribution in [0.1, 0.15) is 42.1 Å². The molecule has 2 aromatic carbocycles. The summed E-state index contributed by atoms with van der Waals surface area (Å²) >= 11 is 0. The van der Waals surface area contributed by atoms with Crippen molar-refractivity contribution in [1.82, 2.24) is 5.32 Å². The Morgan fingerprint density at radius 2 is 1.62 bits per heavy atom. The number of hydrogen-bond acceptors (Lipinski definition) is 4. The maximum atomic E-state index is 12.8. The molecule has 1 amide bonds. The van der Waals surface area contributed by atoms with Crippen LogP contribution in [0.25, 0.3) is 0 Å². The minimum Gasteiger partial charge on any atom is -0.381 e. The summed E-state index contributed by atoms with van der Waals surface area (Å²) in [4.78, 5) is 12.5. The van der Waals surface area contributed by atoms with Crippen LogP contribution in [0.2, 0.25) is 0 Å². The Kier molecular flexibility index (Phi) is 8.67. The zero-order chi connectivity index (χ0) is 21.3. The van der Waals surface area contributed by atoms with Crippen molar-refractivity contribution in [3.63, 3.8) is 0 Å². The number of ether oxygens (including phenoxy) is 1. The second kappa shape index (κ2) is 11.0. The van der Waals surface area contributed by atoms with Gasteiger partial charge < -0.3 is 10.1 Å². The van der Waals surface area contributed by atoms with Crippen LogP contribution >= 0.6 is 0 Å². The zero-order valence-electron chi connectivity index (χ0n) is 17.3. The van der Waals surface area contributed by atoms with E-state index in [-0.39, 0.29) is 10.8 Å². The lowest BCUT2D eigenvalue weighted by atomic mass is 10.2. The number of unbranched alkanes of at least 4 members (excludes halogenated alkanes) is 1. The maximum Gasteiger partial charge on any atom is 0.264 e. The van der Waals surface area contributed by atoms with E-state index in [2.05, 4.69) is 12.2 Å². The summed E-state index contributed by atoms with van der Waals surface area (Å²) in [5.41, 5.74) is 1.97. The van der Waals surface area contributed by atoms with Gasteiger partial charge >= 0.3 is 0 Å². The van der Waals surface area contributed by atoms with E-state index in [0.717, 1.165) is 31.4 Å². The predicted molar refractivity (Wildman–Crippen MR) is 116 cm³/mol. The number of hydrogen-bond donors (Lipinski definition) is 1. The summed E-state index contributed by atoms with van der Waals surface area (Å²) in [6.07, 6.45) is 2.91. The highest BCUT2D eigenvalue weighted by molar-refractivity contribution is 7.92. The van der Waals surface area contributed by atoms with Gasteiger partial charge in [-0.2, -0.15) is 0 Å². The molecule has 7 heteroatoms. The molecule has 2 aromatic rings. The minimum atomic E-state index is -3.65. The van der Waals surface area contributed by atoms with Gasteiger partial charge in [0.25, 0.3) is 15.9 Å². The first-order chi connectivity index (χ1) is 13.9. The lowest BCUT2D eigenvalue weighted by Gasteiger charge is -2.20. The van der Waals surface area contributed by atoms with Gasteiger partial charge in [0, 0.05) is 32.4 Å². The Labute approximate surface area is 173 Å². The molecule has 0 heterocycles. The first-order valence-corrected chi connectivity index (χ1v) is 11.3. The normalized spacial score (nSPS) is 11.3. The van der Waals surface area contributed by atoms with Crippen molar-refractivity contribution in [3.05, 3.63) is 59.7 Å². The Morgan fingerprint density at radius 3 is 2.24 bits per heavy atom. The molecule has 0 atom stereocenters. The number of benzene rings is 2. The number of carbonyl (C=O) groups excluding carboxylic acids is 1. The molecule has 2 rings (SSSR count). The van der Waals surface area contributed by atoms with E-state index in [1.807, 2.05) is 6.92 Å². The Bertz CT molecular complexity index is 878. The van der Waals surface area contributed by atoms with Crippen LogP contribution in [0, 0.1) is 6.92 Å². The molecule has 0 saturated heterocycles. The molecule has 0 bridgehead atoms.